The third-order valence-corrected chi connectivity index (χ3v) is 2.48. The summed E-state index contributed by atoms with van der Waals surface area (Å²) in [6.45, 7) is 0.0436. The Morgan fingerprint density at radius 3 is 1.71 bits per heavy atom. The molecule has 0 spiro atoms. The first-order chi connectivity index (χ1) is 7.62. The Hall–Kier alpha value is -0.750. The lowest BCUT2D eigenvalue weighted by molar-refractivity contribution is -0.322. The first-order valence-corrected chi connectivity index (χ1v) is 4.99. The van der Waals surface area contributed by atoms with Crippen molar-refractivity contribution in [2.24, 2.45) is 5.41 Å². The molecule has 0 rings (SSSR count). The number of hydrogen-bond acceptors (Lipinski definition) is 0. The van der Waals surface area contributed by atoms with Gasteiger partial charge >= 0.3 is 12.4 Å². The fraction of sp³-hybridized carbons (Fsp3) is 0.800. The smallest absolute Gasteiger partial charge is 0.251 e. The summed E-state index contributed by atoms with van der Waals surface area (Å²) in [5.74, 6) is 0. The van der Waals surface area contributed by atoms with Gasteiger partial charge in [0, 0.05) is 0 Å². The van der Waals surface area contributed by atoms with E-state index in [1.807, 2.05) is 0 Å². The van der Waals surface area contributed by atoms with Gasteiger partial charge in [0.1, 0.15) is 0 Å². The van der Waals surface area contributed by atoms with Crippen LogP contribution in [0.25, 0.3) is 0 Å². The van der Waals surface area contributed by atoms with Crippen molar-refractivity contribution in [3.8, 4) is 0 Å². The maximum Gasteiger partial charge on any atom is 0.406 e. The average Bonchev–Trinajstić information content (AvgIpc) is 2.14. The van der Waals surface area contributed by atoms with E-state index in [0.717, 1.165) is 13.0 Å². The van der Waals surface area contributed by atoms with Crippen molar-refractivity contribution in [1.29, 1.82) is 0 Å². The van der Waals surface area contributed by atoms with E-state index >= 15 is 0 Å². The second kappa shape index (κ2) is 5.73. The molecule has 0 saturated carbocycles. The zero-order chi connectivity index (χ0) is 13.7. The highest BCUT2D eigenvalue weighted by atomic mass is 19.4. The summed E-state index contributed by atoms with van der Waals surface area (Å²) in [6, 6.07) is 0. The van der Waals surface area contributed by atoms with E-state index in [4.69, 9.17) is 0 Å². The SMILES string of the molecule is CCC(C=CCCCF)(C(F)(F)F)C(F)(F)F. The van der Waals surface area contributed by atoms with E-state index in [-0.39, 0.29) is 18.9 Å². The Morgan fingerprint density at radius 1 is 0.941 bits per heavy atom. The van der Waals surface area contributed by atoms with Crippen LogP contribution in [-0.4, -0.2) is 19.0 Å². The average molecular weight is 266 g/mol. The fourth-order valence-corrected chi connectivity index (χ4v) is 1.35. The van der Waals surface area contributed by atoms with E-state index in [1.54, 1.807) is 0 Å². The van der Waals surface area contributed by atoms with Crippen molar-refractivity contribution in [1.82, 2.24) is 0 Å². The van der Waals surface area contributed by atoms with E-state index < -0.39 is 30.9 Å². The predicted molar refractivity (Wildman–Crippen MR) is 49.2 cm³/mol. The van der Waals surface area contributed by atoms with E-state index in [0.29, 0.717) is 0 Å². The topological polar surface area (TPSA) is 0 Å². The maximum atomic E-state index is 12.5. The molecule has 0 radical (unpaired) electrons. The maximum absolute atomic E-state index is 12.5. The van der Waals surface area contributed by atoms with Gasteiger partial charge in [-0.3, -0.25) is 4.39 Å². The van der Waals surface area contributed by atoms with Gasteiger partial charge in [0.15, 0.2) is 5.41 Å². The van der Waals surface area contributed by atoms with Gasteiger partial charge in [-0.1, -0.05) is 19.1 Å². The lowest BCUT2D eigenvalue weighted by Gasteiger charge is -2.33. The molecule has 0 bridgehead atoms. The summed E-state index contributed by atoms with van der Waals surface area (Å²) in [7, 11) is 0. The summed E-state index contributed by atoms with van der Waals surface area (Å²) < 4.78 is 86.9. The number of allylic oxidation sites excluding steroid dienone is 2. The summed E-state index contributed by atoms with van der Waals surface area (Å²) in [5, 5.41) is 0. The molecule has 102 valence electrons. The minimum atomic E-state index is -5.41. The highest BCUT2D eigenvalue weighted by molar-refractivity contribution is 5.08. The number of unbranched alkanes of at least 4 members (excludes halogenated alkanes) is 1. The summed E-state index contributed by atoms with van der Waals surface area (Å²) >= 11 is 0. The highest BCUT2D eigenvalue weighted by Gasteiger charge is 2.67. The van der Waals surface area contributed by atoms with Gasteiger partial charge in [-0.2, -0.15) is 26.3 Å². The Bertz CT molecular complexity index is 234. The molecule has 0 aromatic carbocycles. The molecule has 0 atom stereocenters. The summed E-state index contributed by atoms with van der Waals surface area (Å²) in [6.07, 6.45) is -11.4. The van der Waals surface area contributed by atoms with Crippen LogP contribution < -0.4 is 0 Å². The van der Waals surface area contributed by atoms with Crippen LogP contribution in [0, 0.1) is 5.41 Å². The summed E-state index contributed by atoms with van der Waals surface area (Å²) in [4.78, 5) is 0. The van der Waals surface area contributed by atoms with Gasteiger partial charge in [-0.05, 0) is 19.3 Å². The molecule has 7 heteroatoms. The largest absolute Gasteiger partial charge is 0.406 e. The van der Waals surface area contributed by atoms with Gasteiger partial charge in [0.25, 0.3) is 0 Å². The third-order valence-electron chi connectivity index (χ3n) is 2.48. The van der Waals surface area contributed by atoms with Crippen molar-refractivity contribution in [2.75, 3.05) is 6.67 Å². The van der Waals surface area contributed by atoms with Gasteiger partial charge in [-0.15, -0.1) is 0 Å². The Kier molecular flexibility index (Phi) is 5.48. The van der Waals surface area contributed by atoms with Crippen LogP contribution >= 0.6 is 0 Å². The van der Waals surface area contributed by atoms with Gasteiger partial charge in [0.05, 0.1) is 6.67 Å². The first-order valence-electron chi connectivity index (χ1n) is 4.99. The number of rotatable bonds is 5. The molecular weight excluding hydrogens is 253 g/mol. The number of hydrogen-bond donors (Lipinski definition) is 0. The second-order valence-corrected chi connectivity index (χ2v) is 3.55. The third kappa shape index (κ3) is 3.61. The van der Waals surface area contributed by atoms with Gasteiger partial charge in [-0.25, -0.2) is 0 Å². The monoisotopic (exact) mass is 266 g/mol. The standard InChI is InChI=1S/C10H13F7/c1-2-8(9(12,13)14,10(15,16)17)6-4-3-5-7-11/h4,6H,2-3,5,7H2,1H3. The molecular formula is C10H13F7. The van der Waals surface area contributed by atoms with Crippen LogP contribution in [0.3, 0.4) is 0 Å². The van der Waals surface area contributed by atoms with Crippen LogP contribution in [0.2, 0.25) is 0 Å². The highest BCUT2D eigenvalue weighted by Crippen LogP contribution is 2.53. The van der Waals surface area contributed by atoms with Crippen molar-refractivity contribution < 1.29 is 30.7 Å². The Morgan fingerprint density at radius 2 is 1.41 bits per heavy atom. The molecule has 0 nitrogen and oxygen atoms in total. The molecule has 17 heavy (non-hydrogen) atoms. The molecule has 0 N–H and O–H groups in total. The minimum Gasteiger partial charge on any atom is -0.251 e. The number of halogens is 7. The van der Waals surface area contributed by atoms with Crippen molar-refractivity contribution in [3.05, 3.63) is 12.2 Å². The molecule has 0 aromatic heterocycles. The summed E-state index contributed by atoms with van der Waals surface area (Å²) in [5.41, 5.74) is -3.84. The van der Waals surface area contributed by atoms with E-state index in [2.05, 4.69) is 0 Å². The van der Waals surface area contributed by atoms with Crippen molar-refractivity contribution in [2.45, 2.75) is 38.5 Å². The lowest BCUT2D eigenvalue weighted by atomic mass is 9.82. The van der Waals surface area contributed by atoms with Gasteiger partial charge < -0.3 is 0 Å². The number of alkyl halides is 7. The Labute approximate surface area is 94.5 Å². The molecule has 0 unspecified atom stereocenters. The van der Waals surface area contributed by atoms with Crippen molar-refractivity contribution >= 4 is 0 Å². The molecule has 0 aromatic rings. The quantitative estimate of drug-likeness (QED) is 0.380. The zero-order valence-corrected chi connectivity index (χ0v) is 9.13. The van der Waals surface area contributed by atoms with Crippen LogP contribution in [0.1, 0.15) is 26.2 Å². The van der Waals surface area contributed by atoms with Crippen LogP contribution in [0.4, 0.5) is 30.7 Å². The Balaban J connectivity index is 5.17. The fourth-order valence-electron chi connectivity index (χ4n) is 1.35. The molecule has 0 fully saturated rings. The normalized spacial score (nSPS) is 14.6. The molecule has 0 heterocycles. The van der Waals surface area contributed by atoms with E-state index in [1.165, 1.54) is 0 Å². The van der Waals surface area contributed by atoms with E-state index in [9.17, 15) is 30.7 Å². The first kappa shape index (κ1) is 16.2. The second-order valence-electron chi connectivity index (χ2n) is 3.55. The van der Waals surface area contributed by atoms with Gasteiger partial charge in [0.2, 0.25) is 0 Å². The lowest BCUT2D eigenvalue weighted by Crippen LogP contribution is -2.48. The predicted octanol–water partition coefficient (Wildman–Crippen LogP) is 4.81. The van der Waals surface area contributed by atoms with Crippen LogP contribution in [0.5, 0.6) is 0 Å². The minimum absolute atomic E-state index is 0.0913. The molecule has 0 aliphatic carbocycles. The molecule has 0 aliphatic rings. The zero-order valence-electron chi connectivity index (χ0n) is 9.13. The molecule has 0 saturated heterocycles. The van der Waals surface area contributed by atoms with Crippen LogP contribution in [0.15, 0.2) is 12.2 Å². The van der Waals surface area contributed by atoms with Crippen molar-refractivity contribution in [3.63, 3.8) is 0 Å². The molecule has 0 amide bonds. The molecule has 0 aliphatic heterocycles. The van der Waals surface area contributed by atoms with Crippen LogP contribution in [-0.2, 0) is 0 Å².